The highest BCUT2D eigenvalue weighted by Crippen LogP contribution is 2.37. The SMILES string of the molecule is CCOC(=O)C1=C(c2ccccc2)N=c2s/c(=C\c3cc(Cl)c(O)c(OC)c3)c(=O)n2[C@@H]1c1ccc(C(C)C)cc1. The molecule has 9 heteroatoms. The van der Waals surface area contributed by atoms with Gasteiger partial charge < -0.3 is 14.6 Å². The number of ether oxygens (including phenoxy) is 2. The van der Waals surface area contributed by atoms with Crippen LogP contribution < -0.4 is 19.6 Å². The molecule has 1 N–H and O–H groups in total. The molecule has 210 valence electrons. The Kier molecular flexibility index (Phi) is 8.15. The Morgan fingerprint density at radius 3 is 2.49 bits per heavy atom. The number of phenolic OH excluding ortho intramolecular Hbond substituents is 1. The molecule has 1 aliphatic heterocycles. The van der Waals surface area contributed by atoms with E-state index in [1.54, 1.807) is 29.7 Å². The normalized spacial score (nSPS) is 15.1. The minimum Gasteiger partial charge on any atom is -0.503 e. The highest BCUT2D eigenvalue weighted by molar-refractivity contribution is 7.07. The van der Waals surface area contributed by atoms with Gasteiger partial charge in [-0.15, -0.1) is 0 Å². The first-order valence-electron chi connectivity index (χ1n) is 13.2. The molecule has 0 spiro atoms. The largest absolute Gasteiger partial charge is 0.503 e. The predicted octanol–water partition coefficient (Wildman–Crippen LogP) is 5.43. The average Bonchev–Trinajstić information content (AvgIpc) is 3.28. The molecule has 0 unspecified atom stereocenters. The summed E-state index contributed by atoms with van der Waals surface area (Å²) >= 11 is 7.41. The molecule has 1 aromatic heterocycles. The summed E-state index contributed by atoms with van der Waals surface area (Å²) in [6, 6.07) is 19.8. The second kappa shape index (κ2) is 11.8. The van der Waals surface area contributed by atoms with E-state index in [4.69, 9.17) is 26.1 Å². The van der Waals surface area contributed by atoms with Crippen LogP contribution in [0.3, 0.4) is 0 Å². The molecule has 5 rings (SSSR count). The fourth-order valence-electron chi connectivity index (χ4n) is 4.80. The third-order valence-electron chi connectivity index (χ3n) is 6.86. The second-order valence-electron chi connectivity index (χ2n) is 9.81. The lowest BCUT2D eigenvalue weighted by molar-refractivity contribution is -0.138. The van der Waals surface area contributed by atoms with E-state index in [-0.39, 0.29) is 28.7 Å². The van der Waals surface area contributed by atoms with Gasteiger partial charge in [0.2, 0.25) is 0 Å². The first-order chi connectivity index (χ1) is 19.7. The van der Waals surface area contributed by atoms with Crippen LogP contribution in [0.25, 0.3) is 11.8 Å². The lowest BCUT2D eigenvalue weighted by Gasteiger charge is -2.26. The molecule has 3 aromatic carbocycles. The fourth-order valence-corrected chi connectivity index (χ4v) is 6.02. The van der Waals surface area contributed by atoms with E-state index in [1.807, 2.05) is 54.6 Å². The molecular weight excluding hydrogens is 560 g/mol. The standard InChI is InChI=1S/C32H29ClN2O5S/c1-5-40-31(38)26-27(21-9-7-6-8-10-21)34-32-35(28(26)22-13-11-20(12-14-22)18(2)3)30(37)25(41-32)17-19-15-23(33)29(36)24(16-19)39-4/h6-18,28,36H,5H2,1-4H3/b25-17-/t28-/m1/s1. The van der Waals surface area contributed by atoms with Crippen molar-refractivity contribution in [2.45, 2.75) is 32.7 Å². The van der Waals surface area contributed by atoms with Crippen molar-refractivity contribution in [2.24, 2.45) is 4.99 Å². The number of aromatic hydroxyl groups is 1. The molecular formula is C32H29ClN2O5S. The van der Waals surface area contributed by atoms with E-state index in [1.165, 1.54) is 18.4 Å². The smallest absolute Gasteiger partial charge is 0.338 e. The van der Waals surface area contributed by atoms with Crippen molar-refractivity contribution in [1.82, 2.24) is 4.57 Å². The van der Waals surface area contributed by atoms with E-state index in [0.717, 1.165) is 16.7 Å². The van der Waals surface area contributed by atoms with Crippen LogP contribution >= 0.6 is 22.9 Å². The number of methoxy groups -OCH3 is 1. The van der Waals surface area contributed by atoms with Gasteiger partial charge in [0.1, 0.15) is 0 Å². The van der Waals surface area contributed by atoms with Crippen LogP contribution in [0.4, 0.5) is 0 Å². The van der Waals surface area contributed by atoms with Gasteiger partial charge in [-0.2, -0.15) is 0 Å². The van der Waals surface area contributed by atoms with Crippen LogP contribution in [0.1, 0.15) is 55.0 Å². The molecule has 0 fully saturated rings. The van der Waals surface area contributed by atoms with Gasteiger partial charge in [-0.25, -0.2) is 9.79 Å². The van der Waals surface area contributed by atoms with Crippen molar-refractivity contribution >= 4 is 40.7 Å². The molecule has 2 heterocycles. The maximum Gasteiger partial charge on any atom is 0.338 e. The number of rotatable bonds is 7. The summed E-state index contributed by atoms with van der Waals surface area (Å²) < 4.78 is 12.7. The van der Waals surface area contributed by atoms with Crippen molar-refractivity contribution in [3.8, 4) is 11.5 Å². The summed E-state index contributed by atoms with van der Waals surface area (Å²) in [7, 11) is 1.43. The maximum atomic E-state index is 14.0. The van der Waals surface area contributed by atoms with Crippen LogP contribution in [0.5, 0.6) is 11.5 Å². The van der Waals surface area contributed by atoms with Crippen molar-refractivity contribution in [3.63, 3.8) is 0 Å². The number of esters is 1. The first-order valence-corrected chi connectivity index (χ1v) is 14.4. The van der Waals surface area contributed by atoms with Crippen LogP contribution in [-0.2, 0) is 9.53 Å². The lowest BCUT2D eigenvalue weighted by atomic mass is 9.91. The Bertz CT molecular complexity index is 1820. The zero-order valence-corrected chi connectivity index (χ0v) is 24.6. The van der Waals surface area contributed by atoms with E-state index >= 15 is 0 Å². The van der Waals surface area contributed by atoms with Gasteiger partial charge in [-0.1, -0.05) is 91.4 Å². The van der Waals surface area contributed by atoms with Gasteiger partial charge in [0.05, 0.1) is 40.6 Å². The van der Waals surface area contributed by atoms with E-state index in [9.17, 15) is 14.7 Å². The predicted molar refractivity (Wildman–Crippen MR) is 161 cm³/mol. The van der Waals surface area contributed by atoms with Crippen LogP contribution in [-0.4, -0.2) is 29.4 Å². The van der Waals surface area contributed by atoms with Crippen LogP contribution in [0.2, 0.25) is 5.02 Å². The Morgan fingerprint density at radius 2 is 1.85 bits per heavy atom. The number of hydrogen-bond acceptors (Lipinski definition) is 7. The van der Waals surface area contributed by atoms with Crippen molar-refractivity contribution in [2.75, 3.05) is 13.7 Å². The number of fused-ring (bicyclic) bond motifs is 1. The van der Waals surface area contributed by atoms with Crippen LogP contribution in [0, 0.1) is 0 Å². The third kappa shape index (κ3) is 5.45. The number of hydrogen-bond donors (Lipinski definition) is 1. The molecule has 0 aliphatic carbocycles. The number of nitrogens with zero attached hydrogens (tertiary/aromatic N) is 2. The Balaban J connectivity index is 1.81. The van der Waals surface area contributed by atoms with Gasteiger partial charge in [0.25, 0.3) is 5.56 Å². The third-order valence-corrected chi connectivity index (χ3v) is 8.13. The molecule has 7 nitrogen and oxygen atoms in total. The number of thiazole rings is 1. The monoisotopic (exact) mass is 588 g/mol. The topological polar surface area (TPSA) is 90.1 Å². The van der Waals surface area contributed by atoms with Gasteiger partial charge in [-0.3, -0.25) is 9.36 Å². The zero-order valence-electron chi connectivity index (χ0n) is 23.1. The minimum absolute atomic E-state index is 0.0995. The quantitative estimate of drug-likeness (QED) is 0.291. The first kappa shape index (κ1) is 28.4. The van der Waals surface area contributed by atoms with Crippen molar-refractivity contribution < 1.29 is 19.4 Å². The average molecular weight is 589 g/mol. The number of halogens is 1. The van der Waals surface area contributed by atoms with E-state index in [0.29, 0.717) is 32.1 Å². The molecule has 0 radical (unpaired) electrons. The summed E-state index contributed by atoms with van der Waals surface area (Å²) in [6.45, 7) is 6.15. The molecule has 0 saturated heterocycles. The van der Waals surface area contributed by atoms with Gasteiger partial charge in [0, 0.05) is 5.56 Å². The van der Waals surface area contributed by atoms with Crippen LogP contribution in [0.15, 0.2) is 82.1 Å². The minimum atomic E-state index is -0.762. The van der Waals surface area contributed by atoms with Gasteiger partial charge in [-0.05, 0) is 47.7 Å². The number of aromatic nitrogens is 1. The fraction of sp³-hybridized carbons (Fsp3) is 0.219. The highest BCUT2D eigenvalue weighted by atomic mass is 35.5. The molecule has 0 amide bonds. The van der Waals surface area contributed by atoms with Crippen molar-refractivity contribution in [3.05, 3.63) is 119 Å². The Labute approximate surface area is 246 Å². The summed E-state index contributed by atoms with van der Waals surface area (Å²) in [5.74, 6) is -0.197. The number of benzene rings is 3. The van der Waals surface area contributed by atoms with Gasteiger partial charge >= 0.3 is 5.97 Å². The van der Waals surface area contributed by atoms with E-state index in [2.05, 4.69) is 13.8 Å². The molecule has 0 saturated carbocycles. The molecule has 0 bridgehead atoms. The molecule has 1 atom stereocenters. The zero-order chi connectivity index (χ0) is 29.3. The number of phenols is 1. The lowest BCUT2D eigenvalue weighted by Crippen LogP contribution is -2.40. The molecule has 41 heavy (non-hydrogen) atoms. The summed E-state index contributed by atoms with van der Waals surface area (Å²) in [5, 5.41) is 10.3. The second-order valence-corrected chi connectivity index (χ2v) is 11.2. The molecule has 1 aliphatic rings. The number of carbonyl (C=O) groups excluding carboxylic acids is 1. The Morgan fingerprint density at radius 1 is 1.15 bits per heavy atom. The van der Waals surface area contributed by atoms with Crippen molar-refractivity contribution in [1.29, 1.82) is 0 Å². The summed E-state index contributed by atoms with van der Waals surface area (Å²) in [5.41, 5.74) is 3.66. The molecule has 4 aromatic rings. The Hall–Kier alpha value is -4.14. The van der Waals surface area contributed by atoms with E-state index < -0.39 is 12.0 Å². The number of carbonyl (C=O) groups is 1. The van der Waals surface area contributed by atoms with Gasteiger partial charge in [0.15, 0.2) is 16.3 Å². The summed E-state index contributed by atoms with van der Waals surface area (Å²) in [6.07, 6.45) is 1.67. The maximum absolute atomic E-state index is 14.0. The summed E-state index contributed by atoms with van der Waals surface area (Å²) in [4.78, 5) is 32.9. The highest BCUT2D eigenvalue weighted by Gasteiger charge is 2.35.